The Kier molecular flexibility index (Phi) is 4.74. The Bertz CT molecular complexity index is 474. The van der Waals surface area contributed by atoms with Gasteiger partial charge in [0.1, 0.15) is 6.04 Å². The van der Waals surface area contributed by atoms with Gasteiger partial charge in [0.25, 0.3) is 0 Å². The number of hydrogen-bond donors (Lipinski definition) is 2. The van der Waals surface area contributed by atoms with E-state index in [1.165, 1.54) is 6.92 Å². The lowest BCUT2D eigenvalue weighted by Crippen LogP contribution is -2.44. The highest BCUT2D eigenvalue weighted by atomic mass is 16.5. The van der Waals surface area contributed by atoms with E-state index in [-0.39, 0.29) is 17.9 Å². The molecule has 0 bridgehead atoms. The van der Waals surface area contributed by atoms with Crippen molar-refractivity contribution >= 4 is 11.9 Å². The summed E-state index contributed by atoms with van der Waals surface area (Å²) in [4.78, 5) is 23.1. The molecule has 1 aromatic rings. The molecule has 0 saturated carbocycles. The Hall–Kier alpha value is -1.88. The van der Waals surface area contributed by atoms with Gasteiger partial charge in [0.15, 0.2) is 0 Å². The molecule has 5 heteroatoms. The summed E-state index contributed by atoms with van der Waals surface area (Å²) in [6.07, 6.45) is 1.21. The first-order valence-electron chi connectivity index (χ1n) is 6.79. The van der Waals surface area contributed by atoms with Crippen LogP contribution in [0.1, 0.15) is 31.4 Å². The minimum atomic E-state index is -1.04. The van der Waals surface area contributed by atoms with Crippen molar-refractivity contribution in [3.8, 4) is 0 Å². The first-order valence-corrected chi connectivity index (χ1v) is 6.79. The monoisotopic (exact) mass is 277 g/mol. The third-order valence-electron chi connectivity index (χ3n) is 3.52. The fourth-order valence-electron chi connectivity index (χ4n) is 2.40. The van der Waals surface area contributed by atoms with Crippen LogP contribution in [0.25, 0.3) is 0 Å². The molecule has 5 nitrogen and oxygen atoms in total. The van der Waals surface area contributed by atoms with Gasteiger partial charge in [0.05, 0.1) is 12.0 Å². The standard InChI is InChI=1S/C15H19NO4/c1-10(15(18)19)16-14(17)12-8-5-9-20-13(12)11-6-3-2-4-7-11/h2-4,6-7,10,12-13H,5,8-9H2,1H3,(H,16,17)(H,18,19)/t10-,12?,13?/m1/s1. The van der Waals surface area contributed by atoms with E-state index in [0.717, 1.165) is 12.0 Å². The number of carbonyl (C=O) groups is 2. The summed E-state index contributed by atoms with van der Waals surface area (Å²) < 4.78 is 5.73. The molecule has 20 heavy (non-hydrogen) atoms. The number of benzene rings is 1. The minimum absolute atomic E-state index is 0.256. The molecule has 108 valence electrons. The van der Waals surface area contributed by atoms with E-state index < -0.39 is 12.0 Å². The molecule has 1 amide bonds. The lowest BCUT2D eigenvalue weighted by atomic mass is 9.88. The minimum Gasteiger partial charge on any atom is -0.480 e. The van der Waals surface area contributed by atoms with Gasteiger partial charge < -0.3 is 15.2 Å². The number of carboxylic acid groups (broad SMARTS) is 1. The molecule has 1 saturated heterocycles. The highest BCUT2D eigenvalue weighted by molar-refractivity contribution is 5.85. The number of hydrogen-bond acceptors (Lipinski definition) is 3. The van der Waals surface area contributed by atoms with Crippen molar-refractivity contribution in [2.45, 2.75) is 31.9 Å². The molecule has 0 aliphatic carbocycles. The van der Waals surface area contributed by atoms with E-state index >= 15 is 0 Å². The summed E-state index contributed by atoms with van der Waals surface area (Å²) in [6.45, 7) is 2.08. The summed E-state index contributed by atoms with van der Waals surface area (Å²) in [5.41, 5.74) is 0.954. The Morgan fingerprint density at radius 2 is 2.05 bits per heavy atom. The molecule has 0 aromatic heterocycles. The number of aliphatic carboxylic acids is 1. The van der Waals surface area contributed by atoms with Crippen LogP contribution in [-0.2, 0) is 14.3 Å². The van der Waals surface area contributed by atoms with Crippen molar-refractivity contribution in [3.05, 3.63) is 35.9 Å². The van der Waals surface area contributed by atoms with E-state index in [4.69, 9.17) is 9.84 Å². The van der Waals surface area contributed by atoms with Gasteiger partial charge in [-0.15, -0.1) is 0 Å². The van der Waals surface area contributed by atoms with Gasteiger partial charge in [-0.05, 0) is 25.3 Å². The molecule has 2 rings (SSSR count). The average Bonchev–Trinajstić information content (AvgIpc) is 2.48. The fraction of sp³-hybridized carbons (Fsp3) is 0.467. The number of carboxylic acids is 1. The zero-order valence-electron chi connectivity index (χ0n) is 11.4. The van der Waals surface area contributed by atoms with Crippen LogP contribution in [0.3, 0.4) is 0 Å². The van der Waals surface area contributed by atoms with E-state index in [9.17, 15) is 9.59 Å². The van der Waals surface area contributed by atoms with E-state index in [1.807, 2.05) is 30.3 Å². The molecule has 2 unspecified atom stereocenters. The molecule has 1 aliphatic rings. The van der Waals surface area contributed by atoms with Gasteiger partial charge in [-0.1, -0.05) is 30.3 Å². The Morgan fingerprint density at radius 3 is 2.70 bits per heavy atom. The van der Waals surface area contributed by atoms with Gasteiger partial charge in [-0.25, -0.2) is 0 Å². The summed E-state index contributed by atoms with van der Waals surface area (Å²) >= 11 is 0. The normalized spacial score (nSPS) is 23.9. The molecule has 1 fully saturated rings. The van der Waals surface area contributed by atoms with E-state index in [2.05, 4.69) is 5.32 Å². The maximum atomic E-state index is 12.2. The summed E-state index contributed by atoms with van der Waals surface area (Å²) in [5, 5.41) is 11.4. The van der Waals surface area contributed by atoms with Crippen LogP contribution >= 0.6 is 0 Å². The zero-order chi connectivity index (χ0) is 14.5. The molecule has 1 heterocycles. The van der Waals surface area contributed by atoms with E-state index in [1.54, 1.807) is 0 Å². The van der Waals surface area contributed by atoms with Crippen LogP contribution in [0.15, 0.2) is 30.3 Å². The smallest absolute Gasteiger partial charge is 0.325 e. The van der Waals surface area contributed by atoms with Crippen LogP contribution in [-0.4, -0.2) is 29.6 Å². The van der Waals surface area contributed by atoms with Crippen molar-refractivity contribution < 1.29 is 19.4 Å². The van der Waals surface area contributed by atoms with Crippen LogP contribution in [0, 0.1) is 5.92 Å². The first-order chi connectivity index (χ1) is 9.59. The number of amides is 1. The van der Waals surface area contributed by atoms with Gasteiger partial charge in [-0.3, -0.25) is 9.59 Å². The van der Waals surface area contributed by atoms with Crippen molar-refractivity contribution in [2.24, 2.45) is 5.92 Å². The van der Waals surface area contributed by atoms with Crippen molar-refractivity contribution in [1.29, 1.82) is 0 Å². The number of carbonyl (C=O) groups excluding carboxylic acids is 1. The quantitative estimate of drug-likeness (QED) is 0.879. The average molecular weight is 277 g/mol. The molecular formula is C15H19NO4. The Balaban J connectivity index is 2.11. The maximum absolute atomic E-state index is 12.2. The second kappa shape index (κ2) is 6.52. The fourth-order valence-corrected chi connectivity index (χ4v) is 2.40. The molecule has 3 atom stereocenters. The predicted molar refractivity (Wildman–Crippen MR) is 73.1 cm³/mol. The third-order valence-corrected chi connectivity index (χ3v) is 3.52. The Morgan fingerprint density at radius 1 is 1.35 bits per heavy atom. The topological polar surface area (TPSA) is 75.6 Å². The first kappa shape index (κ1) is 14.5. The number of rotatable bonds is 4. The second-order valence-corrected chi connectivity index (χ2v) is 5.02. The maximum Gasteiger partial charge on any atom is 0.325 e. The van der Waals surface area contributed by atoms with Crippen LogP contribution in [0.5, 0.6) is 0 Å². The predicted octanol–water partition coefficient (Wildman–Crippen LogP) is 1.74. The molecule has 0 radical (unpaired) electrons. The van der Waals surface area contributed by atoms with Gasteiger partial charge >= 0.3 is 5.97 Å². The van der Waals surface area contributed by atoms with Crippen LogP contribution in [0.4, 0.5) is 0 Å². The molecule has 1 aromatic carbocycles. The third kappa shape index (κ3) is 3.36. The van der Waals surface area contributed by atoms with Gasteiger partial charge in [0.2, 0.25) is 5.91 Å². The summed E-state index contributed by atoms with van der Waals surface area (Å²) in [7, 11) is 0. The highest BCUT2D eigenvalue weighted by Crippen LogP contribution is 2.33. The SMILES string of the molecule is C[C@@H](NC(=O)C1CCCOC1c1ccccc1)C(=O)O. The molecule has 1 aliphatic heterocycles. The lowest BCUT2D eigenvalue weighted by Gasteiger charge is -2.31. The van der Waals surface area contributed by atoms with Crippen LogP contribution in [0.2, 0.25) is 0 Å². The summed E-state index contributed by atoms with van der Waals surface area (Å²) in [5.74, 6) is -1.63. The number of nitrogens with one attached hydrogen (secondary N) is 1. The van der Waals surface area contributed by atoms with Gasteiger partial charge in [0, 0.05) is 6.61 Å². The molecule has 2 N–H and O–H groups in total. The van der Waals surface area contributed by atoms with Crippen molar-refractivity contribution in [2.75, 3.05) is 6.61 Å². The number of ether oxygens (including phenoxy) is 1. The summed E-state index contributed by atoms with van der Waals surface area (Å²) in [6, 6.07) is 8.69. The van der Waals surface area contributed by atoms with Gasteiger partial charge in [-0.2, -0.15) is 0 Å². The van der Waals surface area contributed by atoms with E-state index in [0.29, 0.717) is 13.0 Å². The molecular weight excluding hydrogens is 258 g/mol. The highest BCUT2D eigenvalue weighted by Gasteiger charge is 2.34. The Labute approximate surface area is 117 Å². The van der Waals surface area contributed by atoms with Crippen LogP contribution < -0.4 is 5.32 Å². The van der Waals surface area contributed by atoms with Crippen molar-refractivity contribution in [3.63, 3.8) is 0 Å². The lowest BCUT2D eigenvalue weighted by molar-refractivity contribution is -0.144. The largest absolute Gasteiger partial charge is 0.480 e. The zero-order valence-corrected chi connectivity index (χ0v) is 11.4. The second-order valence-electron chi connectivity index (χ2n) is 5.02. The van der Waals surface area contributed by atoms with Crippen molar-refractivity contribution in [1.82, 2.24) is 5.32 Å². The molecule has 0 spiro atoms.